The Labute approximate surface area is 157 Å². The SMILES string of the molecule is COc1ccccc1N1CC(C(=O)N(Cc2ccsc2)C2CC2)CC1=O. The number of methoxy groups -OCH3 is 1. The fourth-order valence-electron chi connectivity index (χ4n) is 3.55. The number of para-hydroxylation sites is 2. The van der Waals surface area contributed by atoms with Crippen LogP contribution in [-0.4, -0.2) is 36.4 Å². The van der Waals surface area contributed by atoms with E-state index in [-0.39, 0.29) is 24.2 Å². The molecule has 1 atom stereocenters. The van der Waals surface area contributed by atoms with Gasteiger partial charge in [-0.1, -0.05) is 12.1 Å². The Morgan fingerprint density at radius 1 is 1.31 bits per heavy atom. The van der Waals surface area contributed by atoms with Crippen molar-refractivity contribution in [2.45, 2.75) is 31.8 Å². The van der Waals surface area contributed by atoms with Crippen LogP contribution in [0.2, 0.25) is 0 Å². The van der Waals surface area contributed by atoms with Gasteiger partial charge in [-0.2, -0.15) is 11.3 Å². The molecule has 2 amide bonds. The number of rotatable bonds is 6. The number of anilines is 1. The first-order chi connectivity index (χ1) is 12.7. The summed E-state index contributed by atoms with van der Waals surface area (Å²) >= 11 is 1.65. The van der Waals surface area contributed by atoms with Crippen LogP contribution >= 0.6 is 11.3 Å². The van der Waals surface area contributed by atoms with Gasteiger partial charge in [-0.3, -0.25) is 9.59 Å². The lowest BCUT2D eigenvalue weighted by atomic mass is 10.1. The summed E-state index contributed by atoms with van der Waals surface area (Å²) in [6, 6.07) is 9.86. The molecule has 2 aliphatic rings. The van der Waals surface area contributed by atoms with E-state index in [4.69, 9.17) is 4.74 Å². The number of benzene rings is 1. The van der Waals surface area contributed by atoms with Crippen LogP contribution in [0.3, 0.4) is 0 Å². The molecule has 1 saturated heterocycles. The average Bonchev–Trinajstić information content (AvgIpc) is 3.23. The molecule has 0 N–H and O–H groups in total. The Bertz CT molecular complexity index is 801. The third-order valence-corrected chi connectivity index (χ3v) is 5.79. The Balaban J connectivity index is 1.51. The minimum absolute atomic E-state index is 0.0147. The largest absolute Gasteiger partial charge is 0.495 e. The molecule has 26 heavy (non-hydrogen) atoms. The molecule has 1 aliphatic heterocycles. The van der Waals surface area contributed by atoms with Crippen molar-refractivity contribution in [1.82, 2.24) is 4.90 Å². The number of carbonyl (C=O) groups is 2. The highest BCUT2D eigenvalue weighted by molar-refractivity contribution is 7.07. The number of carbonyl (C=O) groups excluding carboxylic acids is 2. The van der Waals surface area contributed by atoms with Crippen LogP contribution < -0.4 is 9.64 Å². The zero-order valence-electron chi connectivity index (χ0n) is 14.8. The predicted molar refractivity (Wildman–Crippen MR) is 101 cm³/mol. The standard InChI is InChI=1S/C20H22N2O3S/c1-25-18-5-3-2-4-17(18)22-12-15(10-19(22)23)20(24)21(16-6-7-16)11-14-8-9-26-13-14/h2-5,8-9,13,15-16H,6-7,10-12H2,1H3. The molecule has 4 rings (SSSR count). The summed E-state index contributed by atoms with van der Waals surface area (Å²) in [5.74, 6) is 0.460. The Hall–Kier alpha value is -2.34. The van der Waals surface area contributed by atoms with Crippen molar-refractivity contribution in [2.75, 3.05) is 18.6 Å². The minimum atomic E-state index is -0.286. The third kappa shape index (κ3) is 3.33. The van der Waals surface area contributed by atoms with E-state index in [9.17, 15) is 9.59 Å². The lowest BCUT2D eigenvalue weighted by Crippen LogP contribution is -2.38. The molecule has 1 aliphatic carbocycles. The molecule has 0 radical (unpaired) electrons. The first kappa shape index (κ1) is 17.1. The van der Waals surface area contributed by atoms with Gasteiger partial charge in [0.1, 0.15) is 5.75 Å². The van der Waals surface area contributed by atoms with Gasteiger partial charge in [0.15, 0.2) is 0 Å². The molecule has 2 aromatic rings. The Morgan fingerprint density at radius 2 is 2.12 bits per heavy atom. The number of amides is 2. The number of thiophene rings is 1. The van der Waals surface area contributed by atoms with Crippen molar-refractivity contribution in [3.05, 3.63) is 46.7 Å². The minimum Gasteiger partial charge on any atom is -0.495 e. The van der Waals surface area contributed by atoms with Gasteiger partial charge in [0.25, 0.3) is 0 Å². The highest BCUT2D eigenvalue weighted by atomic mass is 32.1. The lowest BCUT2D eigenvalue weighted by Gasteiger charge is -2.25. The van der Waals surface area contributed by atoms with Gasteiger partial charge in [-0.25, -0.2) is 0 Å². The van der Waals surface area contributed by atoms with Crippen LogP contribution in [0.25, 0.3) is 0 Å². The van der Waals surface area contributed by atoms with Gasteiger partial charge in [-0.15, -0.1) is 0 Å². The summed E-state index contributed by atoms with van der Waals surface area (Å²) in [5.41, 5.74) is 1.91. The van der Waals surface area contributed by atoms with Crippen LogP contribution in [0.5, 0.6) is 5.75 Å². The van der Waals surface area contributed by atoms with E-state index in [2.05, 4.69) is 11.4 Å². The summed E-state index contributed by atoms with van der Waals surface area (Å²) in [6.45, 7) is 1.07. The second kappa shape index (κ2) is 7.11. The second-order valence-corrected chi connectivity index (χ2v) is 7.69. The highest BCUT2D eigenvalue weighted by Crippen LogP contribution is 2.36. The first-order valence-electron chi connectivity index (χ1n) is 8.92. The van der Waals surface area contributed by atoms with E-state index in [1.807, 2.05) is 34.5 Å². The Kier molecular flexibility index (Phi) is 4.68. The molecule has 1 unspecified atom stereocenters. The third-order valence-electron chi connectivity index (χ3n) is 5.05. The maximum Gasteiger partial charge on any atom is 0.228 e. The predicted octanol–water partition coefficient (Wildman–Crippen LogP) is 3.30. The summed E-state index contributed by atoms with van der Waals surface area (Å²) < 4.78 is 5.38. The maximum absolute atomic E-state index is 13.1. The van der Waals surface area contributed by atoms with Gasteiger partial charge in [0, 0.05) is 25.6 Å². The zero-order chi connectivity index (χ0) is 18.1. The zero-order valence-corrected chi connectivity index (χ0v) is 15.6. The van der Waals surface area contributed by atoms with Gasteiger partial charge < -0.3 is 14.5 Å². The Morgan fingerprint density at radius 3 is 2.81 bits per heavy atom. The van der Waals surface area contributed by atoms with Crippen molar-refractivity contribution in [3.8, 4) is 5.75 Å². The van der Waals surface area contributed by atoms with Crippen molar-refractivity contribution in [1.29, 1.82) is 0 Å². The lowest BCUT2D eigenvalue weighted by molar-refractivity contribution is -0.137. The molecular formula is C20H22N2O3S. The topological polar surface area (TPSA) is 49.9 Å². The number of hydrogen-bond donors (Lipinski definition) is 0. The van der Waals surface area contributed by atoms with Crippen molar-refractivity contribution in [3.63, 3.8) is 0 Å². The van der Waals surface area contributed by atoms with E-state index in [0.29, 0.717) is 24.9 Å². The molecule has 0 spiro atoms. The first-order valence-corrected chi connectivity index (χ1v) is 9.86. The van der Waals surface area contributed by atoms with E-state index < -0.39 is 0 Å². The van der Waals surface area contributed by atoms with Crippen LogP contribution in [0.1, 0.15) is 24.8 Å². The molecule has 2 heterocycles. The monoisotopic (exact) mass is 370 g/mol. The van der Waals surface area contributed by atoms with Crippen LogP contribution in [-0.2, 0) is 16.1 Å². The van der Waals surface area contributed by atoms with E-state index >= 15 is 0 Å². The summed E-state index contributed by atoms with van der Waals surface area (Å²) in [4.78, 5) is 29.4. The second-order valence-electron chi connectivity index (χ2n) is 6.91. The van der Waals surface area contributed by atoms with Crippen LogP contribution in [0.15, 0.2) is 41.1 Å². The summed E-state index contributed by atoms with van der Waals surface area (Å²) in [7, 11) is 1.59. The van der Waals surface area contributed by atoms with E-state index in [0.717, 1.165) is 18.5 Å². The van der Waals surface area contributed by atoms with Gasteiger partial charge in [0.2, 0.25) is 11.8 Å². The molecular weight excluding hydrogens is 348 g/mol. The molecule has 1 aromatic carbocycles. The molecule has 5 nitrogen and oxygen atoms in total. The molecule has 1 aromatic heterocycles. The molecule has 2 fully saturated rings. The molecule has 6 heteroatoms. The van der Waals surface area contributed by atoms with Crippen LogP contribution in [0.4, 0.5) is 5.69 Å². The quantitative estimate of drug-likeness (QED) is 0.784. The highest BCUT2D eigenvalue weighted by Gasteiger charge is 2.41. The fraction of sp³-hybridized carbons (Fsp3) is 0.400. The smallest absolute Gasteiger partial charge is 0.228 e. The summed E-state index contributed by atoms with van der Waals surface area (Å²) in [5, 5.41) is 4.12. The molecule has 0 bridgehead atoms. The normalized spacial score (nSPS) is 19.7. The number of nitrogens with zero attached hydrogens (tertiary/aromatic N) is 2. The maximum atomic E-state index is 13.1. The van der Waals surface area contributed by atoms with E-state index in [1.165, 1.54) is 5.56 Å². The van der Waals surface area contributed by atoms with Crippen molar-refractivity contribution in [2.24, 2.45) is 5.92 Å². The van der Waals surface area contributed by atoms with Gasteiger partial charge >= 0.3 is 0 Å². The van der Waals surface area contributed by atoms with E-state index in [1.54, 1.807) is 23.3 Å². The van der Waals surface area contributed by atoms with Gasteiger partial charge in [0.05, 0.1) is 18.7 Å². The van der Waals surface area contributed by atoms with Crippen molar-refractivity contribution < 1.29 is 14.3 Å². The summed E-state index contributed by atoms with van der Waals surface area (Å²) in [6.07, 6.45) is 2.39. The van der Waals surface area contributed by atoms with Crippen molar-refractivity contribution >= 4 is 28.8 Å². The van der Waals surface area contributed by atoms with Gasteiger partial charge in [-0.05, 0) is 47.4 Å². The average molecular weight is 370 g/mol. The molecule has 1 saturated carbocycles. The fourth-order valence-corrected chi connectivity index (χ4v) is 4.21. The molecule has 136 valence electrons. The number of hydrogen-bond acceptors (Lipinski definition) is 4. The number of ether oxygens (including phenoxy) is 1. The van der Waals surface area contributed by atoms with Crippen LogP contribution in [0, 0.1) is 5.92 Å².